The van der Waals surface area contributed by atoms with Gasteiger partial charge in [0.25, 0.3) is 5.91 Å². The van der Waals surface area contributed by atoms with Gasteiger partial charge in [0.1, 0.15) is 11.4 Å². The molecule has 5 nitrogen and oxygen atoms in total. The smallest absolute Gasteiger partial charge is 0.287 e. The van der Waals surface area contributed by atoms with Crippen LogP contribution in [-0.4, -0.2) is 22.4 Å². The van der Waals surface area contributed by atoms with Crippen molar-refractivity contribution in [2.75, 3.05) is 0 Å². The first-order valence-electron chi connectivity index (χ1n) is 7.11. The van der Waals surface area contributed by atoms with Crippen molar-refractivity contribution in [2.45, 2.75) is 0 Å². The number of hydrogen-bond acceptors (Lipinski definition) is 4. The molecule has 0 aliphatic heterocycles. The summed E-state index contributed by atoms with van der Waals surface area (Å²) >= 11 is 0. The summed E-state index contributed by atoms with van der Waals surface area (Å²) in [6, 6.07) is 16.2. The average Bonchev–Trinajstić information content (AvgIpc) is 2.88. The van der Waals surface area contributed by atoms with Crippen LogP contribution in [0.5, 0.6) is 0 Å². The molecule has 0 bridgehead atoms. The van der Waals surface area contributed by atoms with Crippen LogP contribution in [0.3, 0.4) is 0 Å². The second-order valence-electron chi connectivity index (χ2n) is 5.15. The Kier molecular flexibility index (Phi) is 2.98. The maximum absolute atomic E-state index is 12.5. The van der Waals surface area contributed by atoms with E-state index in [1.54, 1.807) is 24.3 Å². The first-order chi connectivity index (χ1) is 11.3. The Bertz CT molecular complexity index is 973. The molecule has 1 aliphatic rings. The topological polar surface area (TPSA) is 71.4 Å². The summed E-state index contributed by atoms with van der Waals surface area (Å²) < 4.78 is 0. The van der Waals surface area contributed by atoms with Crippen LogP contribution in [0.2, 0.25) is 0 Å². The summed E-state index contributed by atoms with van der Waals surface area (Å²) in [5.41, 5.74) is 4.27. The van der Waals surface area contributed by atoms with Crippen molar-refractivity contribution in [3.8, 4) is 0 Å². The fourth-order valence-electron chi connectivity index (χ4n) is 2.75. The number of amides is 1. The number of carbonyl (C=O) groups excluding carboxylic acids is 2. The number of aromatic nitrogens is 1. The molecular weight excluding hydrogens is 290 g/mol. The molecule has 0 saturated heterocycles. The lowest BCUT2D eigenvalue weighted by Gasteiger charge is -2.01. The SMILES string of the molecule is O=C(N/N=C1\C(=O)c2cccc3cccc1c23)c1ccccn1. The molecule has 1 heterocycles. The summed E-state index contributed by atoms with van der Waals surface area (Å²) in [7, 11) is 0. The standard InChI is InChI=1S/C18H11N3O2/c22-17-13-8-4-6-11-5-3-7-12(15(11)13)16(17)20-21-18(23)14-9-1-2-10-19-14/h1-10H,(H,21,23)/b20-16-. The van der Waals surface area contributed by atoms with Gasteiger partial charge in [-0.3, -0.25) is 14.6 Å². The third-order valence-electron chi connectivity index (χ3n) is 3.79. The van der Waals surface area contributed by atoms with Gasteiger partial charge in [-0.25, -0.2) is 5.43 Å². The third-order valence-corrected chi connectivity index (χ3v) is 3.79. The Morgan fingerprint density at radius 2 is 1.74 bits per heavy atom. The molecule has 0 radical (unpaired) electrons. The molecule has 1 aliphatic carbocycles. The predicted molar refractivity (Wildman–Crippen MR) is 86.5 cm³/mol. The normalized spacial score (nSPS) is 14.4. The van der Waals surface area contributed by atoms with Gasteiger partial charge in [-0.15, -0.1) is 0 Å². The first kappa shape index (κ1) is 13.3. The van der Waals surface area contributed by atoms with Gasteiger partial charge < -0.3 is 0 Å². The number of ketones is 1. The van der Waals surface area contributed by atoms with Gasteiger partial charge >= 0.3 is 0 Å². The van der Waals surface area contributed by atoms with Crippen molar-refractivity contribution in [1.29, 1.82) is 0 Å². The largest absolute Gasteiger partial charge is 0.289 e. The first-order valence-corrected chi connectivity index (χ1v) is 7.11. The van der Waals surface area contributed by atoms with Gasteiger partial charge in [0.15, 0.2) is 0 Å². The Hall–Kier alpha value is -3.34. The van der Waals surface area contributed by atoms with E-state index in [1.807, 2.05) is 30.3 Å². The number of pyridine rings is 1. The van der Waals surface area contributed by atoms with Gasteiger partial charge in [-0.1, -0.05) is 42.5 Å². The van der Waals surface area contributed by atoms with Crippen LogP contribution in [0.25, 0.3) is 10.8 Å². The highest BCUT2D eigenvalue weighted by Crippen LogP contribution is 2.30. The number of benzene rings is 2. The minimum absolute atomic E-state index is 0.182. The van der Waals surface area contributed by atoms with Crippen molar-refractivity contribution < 1.29 is 9.59 Å². The highest BCUT2D eigenvalue weighted by atomic mass is 16.2. The van der Waals surface area contributed by atoms with Crippen molar-refractivity contribution >= 4 is 28.2 Å². The van der Waals surface area contributed by atoms with Crippen LogP contribution in [-0.2, 0) is 0 Å². The minimum atomic E-state index is -0.450. The summed E-state index contributed by atoms with van der Waals surface area (Å²) in [4.78, 5) is 28.5. The van der Waals surface area contributed by atoms with Crippen LogP contribution in [0.15, 0.2) is 65.9 Å². The number of nitrogens with zero attached hydrogens (tertiary/aromatic N) is 2. The summed E-state index contributed by atoms with van der Waals surface area (Å²) in [6.07, 6.45) is 1.53. The van der Waals surface area contributed by atoms with Gasteiger partial charge in [0.2, 0.25) is 5.78 Å². The van der Waals surface area contributed by atoms with Crippen LogP contribution < -0.4 is 5.43 Å². The zero-order valence-electron chi connectivity index (χ0n) is 12.0. The highest BCUT2D eigenvalue weighted by molar-refractivity contribution is 6.59. The number of carbonyl (C=O) groups is 2. The molecule has 4 rings (SSSR count). The van der Waals surface area contributed by atoms with Crippen LogP contribution in [0.4, 0.5) is 0 Å². The Labute approximate surface area is 131 Å². The average molecular weight is 301 g/mol. The predicted octanol–water partition coefficient (Wildman–Crippen LogP) is 2.57. The molecule has 1 N–H and O–H groups in total. The van der Waals surface area contributed by atoms with E-state index in [0.29, 0.717) is 5.56 Å². The molecule has 1 amide bonds. The van der Waals surface area contributed by atoms with E-state index in [9.17, 15) is 9.59 Å². The maximum atomic E-state index is 12.5. The Morgan fingerprint density at radius 3 is 2.48 bits per heavy atom. The number of hydrazone groups is 1. The second-order valence-corrected chi connectivity index (χ2v) is 5.15. The van der Waals surface area contributed by atoms with Crippen molar-refractivity contribution in [1.82, 2.24) is 10.4 Å². The van der Waals surface area contributed by atoms with Gasteiger partial charge in [0.05, 0.1) is 0 Å². The van der Waals surface area contributed by atoms with E-state index >= 15 is 0 Å². The molecule has 0 fully saturated rings. The fourth-order valence-corrected chi connectivity index (χ4v) is 2.75. The van der Waals surface area contributed by atoms with Gasteiger partial charge in [-0.05, 0) is 17.5 Å². The van der Waals surface area contributed by atoms with E-state index in [4.69, 9.17) is 0 Å². The molecule has 3 aromatic rings. The number of nitrogens with one attached hydrogen (secondary N) is 1. The molecule has 0 unspecified atom stereocenters. The van der Waals surface area contributed by atoms with Crippen molar-refractivity contribution in [2.24, 2.45) is 5.10 Å². The lowest BCUT2D eigenvalue weighted by Crippen LogP contribution is -2.22. The van der Waals surface area contributed by atoms with Crippen LogP contribution >= 0.6 is 0 Å². The molecule has 1 aromatic heterocycles. The van der Waals surface area contributed by atoms with Gasteiger partial charge in [0, 0.05) is 22.7 Å². The molecule has 5 heteroatoms. The number of hydrogen-bond donors (Lipinski definition) is 1. The fraction of sp³-hybridized carbons (Fsp3) is 0. The lowest BCUT2D eigenvalue weighted by molar-refractivity contribution is 0.0950. The monoisotopic (exact) mass is 301 g/mol. The molecular formula is C18H11N3O2. The zero-order valence-corrected chi connectivity index (χ0v) is 12.0. The van der Waals surface area contributed by atoms with E-state index in [0.717, 1.165) is 16.3 Å². The van der Waals surface area contributed by atoms with E-state index in [-0.39, 0.29) is 17.2 Å². The quantitative estimate of drug-likeness (QED) is 0.739. The lowest BCUT2D eigenvalue weighted by atomic mass is 10.1. The van der Waals surface area contributed by atoms with Gasteiger partial charge in [-0.2, -0.15) is 5.10 Å². The van der Waals surface area contributed by atoms with Crippen molar-refractivity contribution in [3.05, 3.63) is 77.6 Å². The molecule has 0 atom stereocenters. The molecule has 2 aromatic carbocycles. The Balaban J connectivity index is 1.73. The molecule has 23 heavy (non-hydrogen) atoms. The van der Waals surface area contributed by atoms with Crippen molar-refractivity contribution in [3.63, 3.8) is 0 Å². The maximum Gasteiger partial charge on any atom is 0.289 e. The van der Waals surface area contributed by atoms with E-state index in [1.165, 1.54) is 6.20 Å². The summed E-state index contributed by atoms with van der Waals surface area (Å²) in [5, 5.41) is 5.91. The molecule has 0 spiro atoms. The number of rotatable bonds is 2. The van der Waals surface area contributed by atoms with E-state index < -0.39 is 5.91 Å². The second kappa shape index (κ2) is 5.14. The number of Topliss-reactive ketones (excluding diaryl/α,β-unsaturated/α-hetero) is 1. The van der Waals surface area contributed by atoms with Crippen LogP contribution in [0, 0.1) is 0 Å². The summed E-state index contributed by atoms with van der Waals surface area (Å²) in [6.45, 7) is 0. The molecule has 0 saturated carbocycles. The minimum Gasteiger partial charge on any atom is -0.287 e. The highest BCUT2D eigenvalue weighted by Gasteiger charge is 2.28. The Morgan fingerprint density at radius 1 is 0.957 bits per heavy atom. The zero-order chi connectivity index (χ0) is 15.8. The van der Waals surface area contributed by atoms with E-state index in [2.05, 4.69) is 15.5 Å². The summed E-state index contributed by atoms with van der Waals surface area (Å²) in [5.74, 6) is -0.632. The third kappa shape index (κ3) is 2.10. The van der Waals surface area contributed by atoms with Crippen LogP contribution in [0.1, 0.15) is 26.4 Å². The molecule has 110 valence electrons.